The third-order valence-corrected chi connectivity index (χ3v) is 4.36. The zero-order chi connectivity index (χ0) is 13.8. The Balaban J connectivity index is 1.62. The second kappa shape index (κ2) is 6.31. The molecule has 0 aliphatic carbocycles. The van der Waals surface area contributed by atoms with Crippen molar-refractivity contribution in [3.63, 3.8) is 0 Å². The molecule has 5 heteroatoms. The molecule has 3 heterocycles. The number of hydrogen-bond donors (Lipinski definition) is 0. The van der Waals surface area contributed by atoms with E-state index in [-0.39, 0.29) is 11.9 Å². The molecule has 1 aromatic rings. The molecule has 0 saturated carbocycles. The molecule has 5 nitrogen and oxygen atoms in total. The molecule has 0 radical (unpaired) electrons. The molecule has 3 rings (SSSR count). The Kier molecular flexibility index (Phi) is 4.25. The average molecular weight is 274 g/mol. The second-order valence-corrected chi connectivity index (χ2v) is 5.70. The van der Waals surface area contributed by atoms with Gasteiger partial charge in [0.25, 0.3) is 0 Å². The molecule has 0 N–H and O–H groups in total. The highest BCUT2D eigenvalue weighted by Gasteiger charge is 2.30. The van der Waals surface area contributed by atoms with Gasteiger partial charge in [-0.25, -0.2) is 9.97 Å². The van der Waals surface area contributed by atoms with E-state index >= 15 is 0 Å². The summed E-state index contributed by atoms with van der Waals surface area (Å²) in [7, 11) is 0. The van der Waals surface area contributed by atoms with Crippen molar-refractivity contribution < 1.29 is 4.79 Å². The highest BCUT2D eigenvalue weighted by atomic mass is 16.2. The summed E-state index contributed by atoms with van der Waals surface area (Å²) in [6.45, 7) is 3.40. The van der Waals surface area contributed by atoms with Crippen LogP contribution in [0.25, 0.3) is 0 Å². The topological polar surface area (TPSA) is 49.3 Å². The van der Waals surface area contributed by atoms with Crippen LogP contribution in [-0.4, -0.2) is 51.9 Å². The van der Waals surface area contributed by atoms with Gasteiger partial charge < -0.3 is 4.90 Å². The highest BCUT2D eigenvalue weighted by Crippen LogP contribution is 2.30. The minimum atomic E-state index is 0.283. The first-order valence-electron chi connectivity index (χ1n) is 7.62. The SMILES string of the molecule is O=C(CN1CCC[C@H]1c1ccncn1)N1CCCCC1. The third kappa shape index (κ3) is 2.98. The lowest BCUT2D eigenvalue weighted by atomic mass is 10.1. The molecule has 0 aromatic carbocycles. The zero-order valence-corrected chi connectivity index (χ0v) is 11.9. The van der Waals surface area contributed by atoms with Crippen molar-refractivity contribution in [3.05, 3.63) is 24.3 Å². The summed E-state index contributed by atoms with van der Waals surface area (Å²) in [5.74, 6) is 0.283. The number of amides is 1. The monoisotopic (exact) mass is 274 g/mol. The van der Waals surface area contributed by atoms with Crippen molar-refractivity contribution >= 4 is 5.91 Å². The Morgan fingerprint density at radius 1 is 1.20 bits per heavy atom. The van der Waals surface area contributed by atoms with Crippen LogP contribution in [0.3, 0.4) is 0 Å². The Labute approximate surface area is 120 Å². The van der Waals surface area contributed by atoms with Crippen LogP contribution >= 0.6 is 0 Å². The van der Waals surface area contributed by atoms with Gasteiger partial charge in [-0.3, -0.25) is 9.69 Å². The molecular formula is C15H22N4O. The summed E-state index contributed by atoms with van der Waals surface area (Å²) >= 11 is 0. The lowest BCUT2D eigenvalue weighted by Crippen LogP contribution is -2.42. The van der Waals surface area contributed by atoms with Gasteiger partial charge in [0.15, 0.2) is 0 Å². The number of piperidine rings is 1. The van der Waals surface area contributed by atoms with E-state index in [0.717, 1.165) is 51.0 Å². The van der Waals surface area contributed by atoms with Gasteiger partial charge in [-0.2, -0.15) is 0 Å². The van der Waals surface area contributed by atoms with E-state index in [1.807, 2.05) is 11.0 Å². The molecule has 1 amide bonds. The van der Waals surface area contributed by atoms with E-state index in [2.05, 4.69) is 14.9 Å². The third-order valence-electron chi connectivity index (χ3n) is 4.36. The predicted octanol–water partition coefficient (Wildman–Crippen LogP) is 1.63. The summed E-state index contributed by atoms with van der Waals surface area (Å²) in [5.41, 5.74) is 1.05. The van der Waals surface area contributed by atoms with Crippen LogP contribution < -0.4 is 0 Å². The molecule has 1 aromatic heterocycles. The van der Waals surface area contributed by atoms with Crippen molar-refractivity contribution in [2.24, 2.45) is 0 Å². The minimum absolute atomic E-state index is 0.283. The first kappa shape index (κ1) is 13.5. The van der Waals surface area contributed by atoms with E-state index in [1.165, 1.54) is 6.42 Å². The summed E-state index contributed by atoms with van der Waals surface area (Å²) in [6.07, 6.45) is 9.18. The fourth-order valence-corrected chi connectivity index (χ4v) is 3.27. The maximum atomic E-state index is 12.4. The van der Waals surface area contributed by atoms with E-state index < -0.39 is 0 Å². The smallest absolute Gasteiger partial charge is 0.236 e. The molecule has 1 atom stereocenters. The Morgan fingerprint density at radius 2 is 2.05 bits per heavy atom. The van der Waals surface area contributed by atoms with Crippen LogP contribution in [0.15, 0.2) is 18.6 Å². The highest BCUT2D eigenvalue weighted by molar-refractivity contribution is 5.78. The first-order valence-corrected chi connectivity index (χ1v) is 7.62. The van der Waals surface area contributed by atoms with Crippen LogP contribution in [-0.2, 0) is 4.79 Å². The largest absolute Gasteiger partial charge is 0.342 e. The molecule has 108 valence electrons. The van der Waals surface area contributed by atoms with Crippen molar-refractivity contribution in [2.45, 2.75) is 38.1 Å². The van der Waals surface area contributed by atoms with Crippen LogP contribution in [0, 0.1) is 0 Å². The second-order valence-electron chi connectivity index (χ2n) is 5.70. The summed E-state index contributed by atoms with van der Waals surface area (Å²) in [5, 5.41) is 0. The molecule has 0 unspecified atom stereocenters. The fraction of sp³-hybridized carbons (Fsp3) is 0.667. The molecule has 2 fully saturated rings. The van der Waals surface area contributed by atoms with Gasteiger partial charge in [-0.15, -0.1) is 0 Å². The van der Waals surface area contributed by atoms with Crippen molar-refractivity contribution in [1.82, 2.24) is 19.8 Å². The number of nitrogens with zero attached hydrogens (tertiary/aromatic N) is 4. The molecule has 2 aliphatic rings. The predicted molar refractivity (Wildman–Crippen MR) is 76.0 cm³/mol. The lowest BCUT2D eigenvalue weighted by Gasteiger charge is -2.30. The van der Waals surface area contributed by atoms with Crippen LogP contribution in [0.1, 0.15) is 43.8 Å². The summed E-state index contributed by atoms with van der Waals surface area (Å²) < 4.78 is 0. The molecular weight excluding hydrogens is 252 g/mol. The van der Waals surface area contributed by atoms with Crippen molar-refractivity contribution in [3.8, 4) is 0 Å². The van der Waals surface area contributed by atoms with Crippen molar-refractivity contribution in [2.75, 3.05) is 26.2 Å². The summed E-state index contributed by atoms with van der Waals surface area (Å²) in [4.78, 5) is 25.0. The maximum Gasteiger partial charge on any atom is 0.236 e. The van der Waals surface area contributed by atoms with Gasteiger partial charge in [-0.05, 0) is 44.7 Å². The van der Waals surface area contributed by atoms with Gasteiger partial charge in [0, 0.05) is 19.3 Å². The number of hydrogen-bond acceptors (Lipinski definition) is 4. The van der Waals surface area contributed by atoms with Gasteiger partial charge >= 0.3 is 0 Å². The number of likely N-dealkylation sites (tertiary alicyclic amines) is 2. The molecule has 0 bridgehead atoms. The molecule has 20 heavy (non-hydrogen) atoms. The van der Waals surface area contributed by atoms with Gasteiger partial charge in [0.1, 0.15) is 6.33 Å². The lowest BCUT2D eigenvalue weighted by molar-refractivity contribution is -0.133. The van der Waals surface area contributed by atoms with Crippen LogP contribution in [0.2, 0.25) is 0 Å². The quantitative estimate of drug-likeness (QED) is 0.840. The fourth-order valence-electron chi connectivity index (χ4n) is 3.27. The first-order chi connectivity index (χ1) is 9.84. The maximum absolute atomic E-state index is 12.4. The molecule has 0 spiro atoms. The normalized spacial score (nSPS) is 24.0. The van der Waals surface area contributed by atoms with E-state index in [1.54, 1.807) is 12.5 Å². The Bertz CT molecular complexity index is 444. The molecule has 2 aliphatic heterocycles. The van der Waals surface area contributed by atoms with Gasteiger partial charge in [0.2, 0.25) is 5.91 Å². The Morgan fingerprint density at radius 3 is 2.80 bits per heavy atom. The van der Waals surface area contributed by atoms with Crippen LogP contribution in [0.5, 0.6) is 0 Å². The van der Waals surface area contributed by atoms with Gasteiger partial charge in [0.05, 0.1) is 18.3 Å². The number of rotatable bonds is 3. The van der Waals surface area contributed by atoms with E-state index in [0.29, 0.717) is 6.54 Å². The number of carbonyl (C=O) groups excluding carboxylic acids is 1. The van der Waals surface area contributed by atoms with E-state index in [4.69, 9.17) is 0 Å². The number of carbonyl (C=O) groups is 1. The molecule has 2 saturated heterocycles. The van der Waals surface area contributed by atoms with Crippen molar-refractivity contribution in [1.29, 1.82) is 0 Å². The standard InChI is InChI=1S/C15H22N4O/c20-15(18-8-2-1-3-9-18)11-19-10-4-5-14(19)13-6-7-16-12-17-13/h6-7,12,14H,1-5,8-11H2/t14-/m0/s1. The zero-order valence-electron chi connectivity index (χ0n) is 11.9. The van der Waals surface area contributed by atoms with E-state index in [9.17, 15) is 4.79 Å². The average Bonchev–Trinajstić information content (AvgIpc) is 2.97. The van der Waals surface area contributed by atoms with Crippen LogP contribution in [0.4, 0.5) is 0 Å². The Hall–Kier alpha value is -1.49. The number of aromatic nitrogens is 2. The summed E-state index contributed by atoms with van der Waals surface area (Å²) in [6, 6.07) is 2.25. The van der Waals surface area contributed by atoms with Gasteiger partial charge in [-0.1, -0.05) is 0 Å². The minimum Gasteiger partial charge on any atom is -0.342 e.